The zero-order chi connectivity index (χ0) is 15.5. The molecular formula is C11H9BrF5NO2. The minimum Gasteiger partial charge on any atom is -0.385 e. The summed E-state index contributed by atoms with van der Waals surface area (Å²) in [5.74, 6) is -0.984. The highest BCUT2D eigenvalue weighted by atomic mass is 79.9. The van der Waals surface area contributed by atoms with E-state index >= 15 is 0 Å². The summed E-state index contributed by atoms with van der Waals surface area (Å²) in [6.07, 6.45) is -9.78. The number of halogens is 6. The Balaban J connectivity index is 2.85. The van der Waals surface area contributed by atoms with E-state index in [0.29, 0.717) is 6.07 Å². The lowest BCUT2D eigenvalue weighted by Gasteiger charge is -2.13. The highest BCUT2D eigenvalue weighted by Crippen LogP contribution is 2.35. The molecule has 1 rings (SSSR count). The topological polar surface area (TPSA) is 49.3 Å². The molecule has 9 heteroatoms. The van der Waals surface area contributed by atoms with E-state index < -0.39 is 36.7 Å². The Labute approximate surface area is 118 Å². The fraction of sp³-hybridized carbons (Fsp3) is 0.364. The molecule has 20 heavy (non-hydrogen) atoms. The minimum atomic E-state index is -4.66. The van der Waals surface area contributed by atoms with Gasteiger partial charge in [-0.15, -0.1) is 0 Å². The maximum Gasteiger partial charge on any atom is 0.417 e. The molecule has 0 saturated carbocycles. The average molecular weight is 362 g/mol. The molecule has 3 nitrogen and oxygen atoms in total. The van der Waals surface area contributed by atoms with Gasteiger partial charge in [0.15, 0.2) is 0 Å². The Morgan fingerprint density at radius 1 is 1.35 bits per heavy atom. The minimum absolute atomic E-state index is 0.242. The van der Waals surface area contributed by atoms with Crippen molar-refractivity contribution in [1.29, 1.82) is 0 Å². The summed E-state index contributed by atoms with van der Waals surface area (Å²) in [7, 11) is 0. The molecule has 0 aliphatic carbocycles. The number of hydrogen-bond donors (Lipinski definition) is 2. The average Bonchev–Trinajstić information content (AvgIpc) is 2.34. The Morgan fingerprint density at radius 2 is 1.95 bits per heavy atom. The standard InChI is InChI=1S/C11H9BrF5NO2/c12-7-2-1-5(3-6(7)11(15,16)17)10(20)18-4-8(19)9(13)14/h1-3,8-9,19H,4H2,(H,18,20). The van der Waals surface area contributed by atoms with Crippen LogP contribution in [-0.2, 0) is 6.18 Å². The molecule has 112 valence electrons. The van der Waals surface area contributed by atoms with E-state index in [0.717, 1.165) is 12.1 Å². The van der Waals surface area contributed by atoms with Crippen molar-refractivity contribution >= 4 is 21.8 Å². The van der Waals surface area contributed by atoms with E-state index in [1.165, 1.54) is 0 Å². The second kappa shape index (κ2) is 6.49. The van der Waals surface area contributed by atoms with Crippen LogP contribution in [0.5, 0.6) is 0 Å². The molecule has 0 saturated heterocycles. The molecule has 1 atom stereocenters. The maximum atomic E-state index is 12.6. The quantitative estimate of drug-likeness (QED) is 0.810. The van der Waals surface area contributed by atoms with Gasteiger partial charge in [0.2, 0.25) is 0 Å². The first-order valence-electron chi connectivity index (χ1n) is 5.24. The van der Waals surface area contributed by atoms with Gasteiger partial charge in [0.25, 0.3) is 12.3 Å². The molecule has 0 radical (unpaired) electrons. The number of amides is 1. The summed E-state index contributed by atoms with van der Waals surface area (Å²) in [6.45, 7) is -0.756. The van der Waals surface area contributed by atoms with Crippen LogP contribution in [0.25, 0.3) is 0 Å². The van der Waals surface area contributed by atoms with Crippen molar-refractivity contribution in [1.82, 2.24) is 5.32 Å². The van der Waals surface area contributed by atoms with Crippen molar-refractivity contribution in [2.24, 2.45) is 0 Å². The fourth-order valence-electron chi connectivity index (χ4n) is 1.27. The van der Waals surface area contributed by atoms with E-state index in [-0.39, 0.29) is 10.0 Å². The van der Waals surface area contributed by atoms with Gasteiger partial charge in [-0.05, 0) is 18.2 Å². The smallest absolute Gasteiger partial charge is 0.385 e. The van der Waals surface area contributed by atoms with Gasteiger partial charge in [0.05, 0.1) is 5.56 Å². The summed E-state index contributed by atoms with van der Waals surface area (Å²) < 4.78 is 61.6. The molecule has 0 bridgehead atoms. The van der Waals surface area contributed by atoms with Gasteiger partial charge in [-0.1, -0.05) is 15.9 Å². The zero-order valence-corrected chi connectivity index (χ0v) is 11.3. The lowest BCUT2D eigenvalue weighted by molar-refractivity contribution is -0.138. The van der Waals surface area contributed by atoms with Crippen molar-refractivity contribution in [3.05, 3.63) is 33.8 Å². The van der Waals surface area contributed by atoms with Crippen LogP contribution in [0.15, 0.2) is 22.7 Å². The summed E-state index contributed by atoms with van der Waals surface area (Å²) in [4.78, 5) is 11.5. The van der Waals surface area contributed by atoms with Crippen LogP contribution < -0.4 is 5.32 Å². The number of carbonyl (C=O) groups excluding carboxylic acids is 1. The number of rotatable bonds is 4. The van der Waals surface area contributed by atoms with Crippen molar-refractivity contribution in [2.45, 2.75) is 18.7 Å². The Hall–Kier alpha value is -1.22. The first-order valence-corrected chi connectivity index (χ1v) is 6.03. The van der Waals surface area contributed by atoms with Crippen molar-refractivity contribution in [2.75, 3.05) is 6.54 Å². The molecule has 0 spiro atoms. The van der Waals surface area contributed by atoms with Crippen LogP contribution in [0, 0.1) is 0 Å². The number of benzene rings is 1. The van der Waals surface area contributed by atoms with Gasteiger partial charge < -0.3 is 10.4 Å². The number of aliphatic hydroxyl groups excluding tert-OH is 1. The predicted molar refractivity (Wildman–Crippen MR) is 63.5 cm³/mol. The third-order valence-electron chi connectivity index (χ3n) is 2.30. The number of aliphatic hydroxyl groups is 1. The van der Waals surface area contributed by atoms with Crippen LogP contribution >= 0.6 is 15.9 Å². The highest BCUT2D eigenvalue weighted by Gasteiger charge is 2.33. The molecule has 0 heterocycles. The van der Waals surface area contributed by atoms with Crippen molar-refractivity contribution < 1.29 is 31.9 Å². The van der Waals surface area contributed by atoms with Gasteiger partial charge in [-0.3, -0.25) is 4.79 Å². The Kier molecular flexibility index (Phi) is 5.46. The van der Waals surface area contributed by atoms with Gasteiger partial charge in [0.1, 0.15) is 6.10 Å². The first-order chi connectivity index (χ1) is 9.12. The second-order valence-corrected chi connectivity index (χ2v) is 4.66. The van der Waals surface area contributed by atoms with Crippen LogP contribution in [0.2, 0.25) is 0 Å². The molecule has 0 fully saturated rings. The number of alkyl halides is 5. The third kappa shape index (κ3) is 4.41. The predicted octanol–water partition coefficient (Wildman–Crippen LogP) is 2.82. The molecule has 1 aromatic rings. The van der Waals surface area contributed by atoms with Crippen LogP contribution in [0.4, 0.5) is 22.0 Å². The molecular weight excluding hydrogens is 353 g/mol. The molecule has 0 aliphatic rings. The van der Waals surface area contributed by atoms with E-state index in [2.05, 4.69) is 15.9 Å². The third-order valence-corrected chi connectivity index (χ3v) is 2.99. The number of nitrogens with one attached hydrogen (secondary N) is 1. The summed E-state index contributed by atoms with van der Waals surface area (Å²) in [5.41, 5.74) is -1.40. The normalized spacial score (nSPS) is 13.4. The Morgan fingerprint density at radius 3 is 2.45 bits per heavy atom. The highest BCUT2D eigenvalue weighted by molar-refractivity contribution is 9.10. The second-order valence-electron chi connectivity index (χ2n) is 3.80. The molecule has 1 unspecified atom stereocenters. The first kappa shape index (κ1) is 16.8. The molecule has 0 aliphatic heterocycles. The summed E-state index contributed by atoms with van der Waals surface area (Å²) in [5, 5.41) is 10.7. The van der Waals surface area contributed by atoms with E-state index in [4.69, 9.17) is 5.11 Å². The van der Waals surface area contributed by atoms with E-state index in [1.54, 1.807) is 0 Å². The van der Waals surface area contributed by atoms with Crippen LogP contribution in [-0.4, -0.2) is 30.1 Å². The lowest BCUT2D eigenvalue weighted by Crippen LogP contribution is -2.35. The number of hydrogen-bond acceptors (Lipinski definition) is 2. The summed E-state index contributed by atoms with van der Waals surface area (Å²) >= 11 is 2.71. The SMILES string of the molecule is O=C(NCC(O)C(F)F)c1ccc(Br)c(C(F)(F)F)c1. The van der Waals surface area contributed by atoms with Gasteiger partial charge in [0, 0.05) is 16.6 Å². The summed E-state index contributed by atoms with van der Waals surface area (Å²) in [6, 6.07) is 2.72. The molecule has 0 aromatic heterocycles. The van der Waals surface area contributed by atoms with Crippen LogP contribution in [0.3, 0.4) is 0 Å². The lowest BCUT2D eigenvalue weighted by atomic mass is 10.1. The van der Waals surface area contributed by atoms with E-state index in [1.807, 2.05) is 5.32 Å². The molecule has 1 amide bonds. The zero-order valence-electron chi connectivity index (χ0n) is 9.72. The molecule has 1 aromatic carbocycles. The van der Waals surface area contributed by atoms with Gasteiger partial charge in [-0.2, -0.15) is 13.2 Å². The monoisotopic (exact) mass is 361 g/mol. The van der Waals surface area contributed by atoms with Crippen molar-refractivity contribution in [3.63, 3.8) is 0 Å². The largest absolute Gasteiger partial charge is 0.417 e. The Bertz CT molecular complexity index is 492. The van der Waals surface area contributed by atoms with Gasteiger partial charge in [-0.25, -0.2) is 8.78 Å². The van der Waals surface area contributed by atoms with Crippen molar-refractivity contribution in [3.8, 4) is 0 Å². The van der Waals surface area contributed by atoms with Gasteiger partial charge >= 0.3 is 6.18 Å². The van der Waals surface area contributed by atoms with E-state index in [9.17, 15) is 26.7 Å². The number of carbonyl (C=O) groups is 1. The van der Waals surface area contributed by atoms with Crippen LogP contribution in [0.1, 0.15) is 15.9 Å². The molecule has 2 N–H and O–H groups in total. The fourth-order valence-corrected chi connectivity index (χ4v) is 1.74. The maximum absolute atomic E-state index is 12.6.